The molecule has 1 aromatic carbocycles. The number of nitrogens with zero attached hydrogens (tertiary/aromatic N) is 1. The van der Waals surface area contributed by atoms with Crippen molar-refractivity contribution in [2.24, 2.45) is 0 Å². The first-order valence-corrected chi connectivity index (χ1v) is 8.00. The van der Waals surface area contributed by atoms with Crippen molar-refractivity contribution >= 4 is 17.3 Å². The summed E-state index contributed by atoms with van der Waals surface area (Å²) in [6, 6.07) is 13.9. The molecule has 1 unspecified atom stereocenters. The summed E-state index contributed by atoms with van der Waals surface area (Å²) in [7, 11) is 0. The number of thiophene rings is 1. The van der Waals surface area contributed by atoms with Crippen LogP contribution in [-0.4, -0.2) is 28.6 Å². The zero-order chi connectivity index (χ0) is 15.2. The number of hydrogen-bond donors (Lipinski definition) is 1. The number of carboxylic acids is 1. The zero-order valence-electron chi connectivity index (χ0n) is 12.4. The first-order chi connectivity index (χ1) is 10.1. The maximum Gasteiger partial charge on any atom is 0.312 e. The first kappa shape index (κ1) is 15.7. The minimum Gasteiger partial charge on any atom is -0.481 e. The summed E-state index contributed by atoms with van der Waals surface area (Å²) in [5.74, 6) is -1.26. The van der Waals surface area contributed by atoms with Gasteiger partial charge in [0.1, 0.15) is 0 Å². The lowest BCUT2D eigenvalue weighted by molar-refractivity contribution is -0.139. The summed E-state index contributed by atoms with van der Waals surface area (Å²) in [5.41, 5.74) is 0.863. The van der Waals surface area contributed by atoms with Gasteiger partial charge in [0.25, 0.3) is 0 Å². The SMILES string of the molecule is CC(C)N(Cc1cccs1)CC(C(=O)O)c1ccccc1. The summed E-state index contributed by atoms with van der Waals surface area (Å²) in [5, 5.41) is 11.6. The van der Waals surface area contributed by atoms with Crippen molar-refractivity contribution in [3.05, 3.63) is 58.3 Å². The molecule has 2 aromatic rings. The van der Waals surface area contributed by atoms with Crippen LogP contribution in [0.15, 0.2) is 47.8 Å². The molecule has 0 aliphatic rings. The third-order valence-corrected chi connectivity index (χ3v) is 4.45. The average Bonchev–Trinajstić information content (AvgIpc) is 2.96. The fraction of sp³-hybridized carbons (Fsp3) is 0.353. The summed E-state index contributed by atoms with van der Waals surface area (Å²) in [6.07, 6.45) is 0. The molecule has 21 heavy (non-hydrogen) atoms. The Balaban J connectivity index is 2.14. The molecule has 112 valence electrons. The third kappa shape index (κ3) is 4.41. The van der Waals surface area contributed by atoms with Crippen molar-refractivity contribution in [1.82, 2.24) is 4.90 Å². The Kier molecular flexibility index (Phi) is 5.53. The van der Waals surface area contributed by atoms with Crippen LogP contribution < -0.4 is 0 Å². The van der Waals surface area contributed by atoms with Crippen LogP contribution in [0.2, 0.25) is 0 Å². The standard InChI is InChI=1S/C17H21NO2S/c1-13(2)18(11-15-9-6-10-21-15)12-16(17(19)20)14-7-4-3-5-8-14/h3-10,13,16H,11-12H2,1-2H3,(H,19,20). The van der Waals surface area contributed by atoms with Crippen LogP contribution in [0.25, 0.3) is 0 Å². The molecule has 0 radical (unpaired) electrons. The fourth-order valence-electron chi connectivity index (χ4n) is 2.31. The molecule has 1 atom stereocenters. The van der Waals surface area contributed by atoms with Gasteiger partial charge < -0.3 is 5.11 Å². The maximum atomic E-state index is 11.6. The van der Waals surface area contributed by atoms with Crippen molar-refractivity contribution in [3.8, 4) is 0 Å². The van der Waals surface area contributed by atoms with Crippen molar-refractivity contribution < 1.29 is 9.90 Å². The largest absolute Gasteiger partial charge is 0.481 e. The van der Waals surface area contributed by atoms with Gasteiger partial charge in [0, 0.05) is 24.0 Å². The Morgan fingerprint density at radius 2 is 1.90 bits per heavy atom. The molecule has 0 saturated carbocycles. The summed E-state index contributed by atoms with van der Waals surface area (Å²) >= 11 is 1.71. The van der Waals surface area contributed by atoms with Crippen LogP contribution in [0.5, 0.6) is 0 Å². The number of benzene rings is 1. The molecule has 0 aliphatic carbocycles. The monoisotopic (exact) mass is 303 g/mol. The molecule has 0 spiro atoms. The molecule has 2 rings (SSSR count). The second-order valence-corrected chi connectivity index (χ2v) is 6.44. The molecule has 0 amide bonds. The molecule has 0 bridgehead atoms. The van der Waals surface area contributed by atoms with Crippen LogP contribution in [0, 0.1) is 0 Å². The molecule has 4 heteroatoms. The van der Waals surface area contributed by atoms with E-state index in [9.17, 15) is 9.90 Å². The Hall–Kier alpha value is -1.65. The van der Waals surface area contributed by atoms with Crippen LogP contribution >= 0.6 is 11.3 Å². The van der Waals surface area contributed by atoms with E-state index in [0.29, 0.717) is 12.6 Å². The summed E-state index contributed by atoms with van der Waals surface area (Å²) in [4.78, 5) is 15.1. The van der Waals surface area contributed by atoms with Crippen LogP contribution in [0.1, 0.15) is 30.2 Å². The molecular formula is C17H21NO2S. The minimum absolute atomic E-state index is 0.303. The van der Waals surface area contributed by atoms with Crippen molar-refractivity contribution in [2.45, 2.75) is 32.4 Å². The molecule has 0 aliphatic heterocycles. The maximum absolute atomic E-state index is 11.6. The molecular weight excluding hydrogens is 282 g/mol. The lowest BCUT2D eigenvalue weighted by Crippen LogP contribution is -2.36. The van der Waals surface area contributed by atoms with Crippen molar-refractivity contribution in [1.29, 1.82) is 0 Å². The van der Waals surface area contributed by atoms with E-state index in [-0.39, 0.29) is 0 Å². The smallest absolute Gasteiger partial charge is 0.312 e. The highest BCUT2D eigenvalue weighted by molar-refractivity contribution is 7.09. The summed E-state index contributed by atoms with van der Waals surface area (Å²) < 4.78 is 0. The predicted octanol–water partition coefficient (Wildman–Crippen LogP) is 3.83. The van der Waals surface area contributed by atoms with Gasteiger partial charge in [0.15, 0.2) is 0 Å². The Morgan fingerprint density at radius 3 is 2.43 bits per heavy atom. The number of hydrogen-bond acceptors (Lipinski definition) is 3. The third-order valence-electron chi connectivity index (χ3n) is 3.59. The van der Waals surface area contributed by atoms with Crippen LogP contribution in [-0.2, 0) is 11.3 Å². The molecule has 1 heterocycles. The molecule has 0 fully saturated rings. The Labute approximate surface area is 129 Å². The number of aliphatic carboxylic acids is 1. The summed E-state index contributed by atoms with van der Waals surface area (Å²) in [6.45, 7) is 5.54. The molecule has 1 aromatic heterocycles. The second-order valence-electron chi connectivity index (χ2n) is 5.40. The van der Waals surface area contributed by atoms with E-state index in [0.717, 1.165) is 12.1 Å². The van der Waals surface area contributed by atoms with Gasteiger partial charge in [-0.2, -0.15) is 0 Å². The number of carboxylic acid groups (broad SMARTS) is 1. The Morgan fingerprint density at radius 1 is 1.19 bits per heavy atom. The van der Waals surface area contributed by atoms with Gasteiger partial charge in [-0.15, -0.1) is 11.3 Å². The van der Waals surface area contributed by atoms with Gasteiger partial charge >= 0.3 is 5.97 Å². The minimum atomic E-state index is -0.766. The highest BCUT2D eigenvalue weighted by atomic mass is 32.1. The lowest BCUT2D eigenvalue weighted by Gasteiger charge is -2.29. The van der Waals surface area contributed by atoms with Gasteiger partial charge in [-0.3, -0.25) is 9.69 Å². The van der Waals surface area contributed by atoms with E-state index >= 15 is 0 Å². The first-order valence-electron chi connectivity index (χ1n) is 7.12. The Bertz CT molecular complexity index is 551. The predicted molar refractivity (Wildman–Crippen MR) is 86.7 cm³/mol. The van der Waals surface area contributed by atoms with Crippen LogP contribution in [0.3, 0.4) is 0 Å². The number of carbonyl (C=O) groups is 1. The lowest BCUT2D eigenvalue weighted by atomic mass is 9.98. The quantitative estimate of drug-likeness (QED) is 0.845. The van der Waals surface area contributed by atoms with Gasteiger partial charge in [0.05, 0.1) is 5.92 Å². The van der Waals surface area contributed by atoms with Gasteiger partial charge in [-0.25, -0.2) is 0 Å². The van der Waals surface area contributed by atoms with E-state index in [2.05, 4.69) is 30.2 Å². The van der Waals surface area contributed by atoms with E-state index in [1.165, 1.54) is 4.88 Å². The fourth-order valence-corrected chi connectivity index (χ4v) is 3.04. The number of rotatable bonds is 7. The van der Waals surface area contributed by atoms with Gasteiger partial charge in [-0.05, 0) is 30.9 Å². The van der Waals surface area contributed by atoms with E-state index < -0.39 is 11.9 Å². The van der Waals surface area contributed by atoms with E-state index in [1.807, 2.05) is 36.4 Å². The topological polar surface area (TPSA) is 40.5 Å². The highest BCUT2D eigenvalue weighted by Gasteiger charge is 2.24. The van der Waals surface area contributed by atoms with Gasteiger partial charge in [-0.1, -0.05) is 36.4 Å². The van der Waals surface area contributed by atoms with Gasteiger partial charge in [0.2, 0.25) is 0 Å². The molecule has 3 nitrogen and oxygen atoms in total. The normalized spacial score (nSPS) is 12.8. The van der Waals surface area contributed by atoms with E-state index in [4.69, 9.17) is 0 Å². The molecule has 0 saturated heterocycles. The van der Waals surface area contributed by atoms with Crippen LogP contribution in [0.4, 0.5) is 0 Å². The van der Waals surface area contributed by atoms with Crippen molar-refractivity contribution in [2.75, 3.05) is 6.54 Å². The van der Waals surface area contributed by atoms with E-state index in [1.54, 1.807) is 11.3 Å². The average molecular weight is 303 g/mol. The molecule has 1 N–H and O–H groups in total. The zero-order valence-corrected chi connectivity index (χ0v) is 13.2. The van der Waals surface area contributed by atoms with Crippen molar-refractivity contribution in [3.63, 3.8) is 0 Å². The highest BCUT2D eigenvalue weighted by Crippen LogP contribution is 2.21. The second kappa shape index (κ2) is 7.38.